The average Bonchev–Trinajstić information content (AvgIpc) is 3.22. The third-order valence-corrected chi connectivity index (χ3v) is 4.81. The molecular formula is C19H20N4O. The van der Waals surface area contributed by atoms with E-state index in [2.05, 4.69) is 34.6 Å². The lowest BCUT2D eigenvalue weighted by Crippen LogP contribution is -2.36. The van der Waals surface area contributed by atoms with Crippen LogP contribution in [0, 0.1) is 0 Å². The smallest absolute Gasteiger partial charge is 0.254 e. The van der Waals surface area contributed by atoms with Gasteiger partial charge in [-0.2, -0.15) is 0 Å². The largest absolute Gasteiger partial charge is 0.335 e. The topological polar surface area (TPSA) is 51.0 Å². The fourth-order valence-electron chi connectivity index (χ4n) is 3.54. The van der Waals surface area contributed by atoms with Crippen molar-refractivity contribution in [1.82, 2.24) is 19.9 Å². The van der Waals surface area contributed by atoms with E-state index in [0.717, 1.165) is 36.8 Å². The molecule has 1 saturated heterocycles. The molecule has 0 saturated carbocycles. The highest BCUT2D eigenvalue weighted by molar-refractivity contribution is 5.97. The lowest BCUT2D eigenvalue weighted by Gasteiger charge is -2.25. The van der Waals surface area contributed by atoms with E-state index in [1.165, 1.54) is 5.56 Å². The van der Waals surface area contributed by atoms with Gasteiger partial charge in [-0.3, -0.25) is 4.79 Å². The summed E-state index contributed by atoms with van der Waals surface area (Å²) in [5.74, 6) is 0.0981. The Hall–Kier alpha value is -2.69. The molecule has 1 unspecified atom stereocenters. The number of benzene rings is 2. The van der Waals surface area contributed by atoms with Gasteiger partial charge in [0.05, 0.1) is 5.52 Å². The van der Waals surface area contributed by atoms with Gasteiger partial charge in [0.1, 0.15) is 5.52 Å². The molecule has 0 radical (unpaired) electrons. The predicted octanol–water partition coefficient (Wildman–Crippen LogP) is 2.82. The second-order valence-electron chi connectivity index (χ2n) is 6.40. The van der Waals surface area contributed by atoms with Crippen LogP contribution >= 0.6 is 0 Å². The molecule has 122 valence electrons. The summed E-state index contributed by atoms with van der Waals surface area (Å²) < 4.78 is 1.72. The van der Waals surface area contributed by atoms with Crippen molar-refractivity contribution in [3.05, 3.63) is 59.7 Å². The van der Waals surface area contributed by atoms with Gasteiger partial charge >= 0.3 is 0 Å². The molecule has 4 rings (SSSR count). The summed E-state index contributed by atoms with van der Waals surface area (Å²) in [5, 5.41) is 8.12. The lowest BCUT2D eigenvalue weighted by molar-refractivity contribution is 0.0736. The summed E-state index contributed by atoms with van der Waals surface area (Å²) >= 11 is 0. The molecule has 1 fully saturated rings. The molecular weight excluding hydrogens is 300 g/mol. The molecule has 0 N–H and O–H groups in total. The number of rotatable bonds is 3. The number of aryl methyl sites for hydroxylation is 1. The van der Waals surface area contributed by atoms with Gasteiger partial charge in [0.2, 0.25) is 0 Å². The molecule has 2 heterocycles. The number of aromatic nitrogens is 3. The number of hydrogen-bond acceptors (Lipinski definition) is 3. The van der Waals surface area contributed by atoms with Gasteiger partial charge in [-0.05, 0) is 43.0 Å². The highest BCUT2D eigenvalue weighted by Gasteiger charge is 2.29. The van der Waals surface area contributed by atoms with Crippen molar-refractivity contribution in [2.75, 3.05) is 6.54 Å². The molecule has 0 spiro atoms. The zero-order chi connectivity index (χ0) is 16.5. The highest BCUT2D eigenvalue weighted by Crippen LogP contribution is 2.24. The van der Waals surface area contributed by atoms with E-state index < -0.39 is 0 Å². The quantitative estimate of drug-likeness (QED) is 0.745. The molecule has 5 nitrogen and oxygen atoms in total. The Balaban J connectivity index is 1.57. The number of amides is 1. The first-order valence-electron chi connectivity index (χ1n) is 8.37. The Kier molecular flexibility index (Phi) is 3.76. The molecule has 5 heteroatoms. The first-order chi connectivity index (χ1) is 11.7. The molecule has 0 aliphatic carbocycles. The van der Waals surface area contributed by atoms with Gasteiger partial charge in [-0.25, -0.2) is 4.68 Å². The van der Waals surface area contributed by atoms with Crippen LogP contribution in [-0.4, -0.2) is 38.4 Å². The van der Waals surface area contributed by atoms with Gasteiger partial charge in [0.15, 0.2) is 0 Å². The lowest BCUT2D eigenvalue weighted by atomic mass is 10.0. The van der Waals surface area contributed by atoms with Gasteiger partial charge in [0.25, 0.3) is 5.91 Å². The van der Waals surface area contributed by atoms with Crippen LogP contribution in [0.25, 0.3) is 11.0 Å². The molecule has 1 amide bonds. The molecule has 1 aliphatic heterocycles. The van der Waals surface area contributed by atoms with Crippen molar-refractivity contribution >= 4 is 16.9 Å². The molecule has 0 bridgehead atoms. The molecule has 1 aromatic heterocycles. The first kappa shape index (κ1) is 14.9. The molecule has 1 aliphatic rings. The summed E-state index contributed by atoms with van der Waals surface area (Å²) in [6.45, 7) is 0.828. The van der Waals surface area contributed by atoms with Gasteiger partial charge < -0.3 is 4.90 Å². The maximum Gasteiger partial charge on any atom is 0.254 e. The van der Waals surface area contributed by atoms with Crippen molar-refractivity contribution in [1.29, 1.82) is 0 Å². The summed E-state index contributed by atoms with van der Waals surface area (Å²) in [6.07, 6.45) is 3.05. The fourth-order valence-corrected chi connectivity index (χ4v) is 3.54. The van der Waals surface area contributed by atoms with Crippen LogP contribution in [0.1, 0.15) is 28.8 Å². The third-order valence-electron chi connectivity index (χ3n) is 4.81. The minimum absolute atomic E-state index is 0.0981. The zero-order valence-electron chi connectivity index (χ0n) is 13.7. The summed E-state index contributed by atoms with van der Waals surface area (Å²) in [4.78, 5) is 15.0. The van der Waals surface area contributed by atoms with Crippen LogP contribution < -0.4 is 0 Å². The Bertz CT molecular complexity index is 871. The molecule has 2 aromatic carbocycles. The predicted molar refractivity (Wildman–Crippen MR) is 92.7 cm³/mol. The maximum atomic E-state index is 13.0. The minimum atomic E-state index is 0.0981. The SMILES string of the molecule is Cn1nnc2cc(C(=O)N3CCCC3Cc3ccccc3)ccc21. The van der Waals surface area contributed by atoms with Crippen molar-refractivity contribution in [3.8, 4) is 0 Å². The first-order valence-corrected chi connectivity index (χ1v) is 8.37. The van der Waals surface area contributed by atoms with Crippen LogP contribution in [0.5, 0.6) is 0 Å². The Morgan fingerprint density at radius 1 is 1.21 bits per heavy atom. The highest BCUT2D eigenvalue weighted by atomic mass is 16.2. The number of carbonyl (C=O) groups is 1. The van der Waals surface area contributed by atoms with E-state index in [1.54, 1.807) is 4.68 Å². The number of fused-ring (bicyclic) bond motifs is 1. The van der Waals surface area contributed by atoms with Gasteiger partial charge in [-0.1, -0.05) is 35.5 Å². The molecule has 1 atom stereocenters. The third kappa shape index (κ3) is 2.66. The summed E-state index contributed by atoms with van der Waals surface area (Å²) in [7, 11) is 1.85. The summed E-state index contributed by atoms with van der Waals surface area (Å²) in [6, 6.07) is 16.3. The van der Waals surface area contributed by atoms with E-state index in [4.69, 9.17) is 0 Å². The van der Waals surface area contributed by atoms with Crippen LogP contribution in [0.3, 0.4) is 0 Å². The van der Waals surface area contributed by atoms with E-state index in [9.17, 15) is 4.79 Å². The Morgan fingerprint density at radius 3 is 2.88 bits per heavy atom. The molecule has 24 heavy (non-hydrogen) atoms. The van der Waals surface area contributed by atoms with Crippen molar-refractivity contribution in [2.24, 2.45) is 7.05 Å². The normalized spacial score (nSPS) is 17.5. The van der Waals surface area contributed by atoms with E-state index in [1.807, 2.05) is 36.2 Å². The second-order valence-corrected chi connectivity index (χ2v) is 6.40. The minimum Gasteiger partial charge on any atom is -0.335 e. The fraction of sp³-hybridized carbons (Fsp3) is 0.316. The zero-order valence-corrected chi connectivity index (χ0v) is 13.7. The second kappa shape index (κ2) is 6.07. The summed E-state index contributed by atoms with van der Waals surface area (Å²) in [5.41, 5.74) is 3.69. The Labute approximate surface area is 140 Å². The number of carbonyl (C=O) groups excluding carboxylic acids is 1. The van der Waals surface area contributed by atoms with Gasteiger partial charge in [0, 0.05) is 25.2 Å². The van der Waals surface area contributed by atoms with Crippen LogP contribution in [-0.2, 0) is 13.5 Å². The van der Waals surface area contributed by atoms with Crippen molar-refractivity contribution in [2.45, 2.75) is 25.3 Å². The standard InChI is InChI=1S/C19H20N4O/c1-22-18-10-9-15(13-17(18)20-21-22)19(24)23-11-5-8-16(23)12-14-6-3-2-4-7-14/h2-4,6-7,9-10,13,16H,5,8,11-12H2,1H3. The van der Waals surface area contributed by atoms with Crippen LogP contribution in [0.2, 0.25) is 0 Å². The number of nitrogens with zero attached hydrogens (tertiary/aromatic N) is 4. The number of likely N-dealkylation sites (tertiary alicyclic amines) is 1. The Morgan fingerprint density at radius 2 is 2.04 bits per heavy atom. The monoisotopic (exact) mass is 320 g/mol. The molecule has 3 aromatic rings. The van der Waals surface area contributed by atoms with Crippen LogP contribution in [0.15, 0.2) is 48.5 Å². The van der Waals surface area contributed by atoms with Crippen molar-refractivity contribution in [3.63, 3.8) is 0 Å². The number of hydrogen-bond donors (Lipinski definition) is 0. The van der Waals surface area contributed by atoms with Gasteiger partial charge in [-0.15, -0.1) is 5.10 Å². The van der Waals surface area contributed by atoms with E-state index in [-0.39, 0.29) is 11.9 Å². The van der Waals surface area contributed by atoms with Crippen molar-refractivity contribution < 1.29 is 4.79 Å². The average molecular weight is 320 g/mol. The van der Waals surface area contributed by atoms with Crippen LogP contribution in [0.4, 0.5) is 0 Å². The maximum absolute atomic E-state index is 13.0. The van der Waals surface area contributed by atoms with E-state index in [0.29, 0.717) is 5.56 Å². The van der Waals surface area contributed by atoms with E-state index >= 15 is 0 Å².